The number of halogens is 1. The second kappa shape index (κ2) is 9.21. The lowest BCUT2D eigenvalue weighted by atomic mass is 10.2. The molecule has 124 valence electrons. The SMILES string of the molecule is COCCNCCNS(=O)(=O)c1ccc(C(=O)OC)cc1Br. The third-order valence-corrected chi connectivity index (χ3v) is 5.16. The number of sulfonamides is 1. The fraction of sp³-hybridized carbons (Fsp3) is 0.462. The number of methoxy groups -OCH3 is 2. The lowest BCUT2D eigenvalue weighted by Crippen LogP contribution is -2.33. The van der Waals surface area contributed by atoms with E-state index in [0.717, 1.165) is 0 Å². The number of benzene rings is 1. The number of carbonyl (C=O) groups is 1. The van der Waals surface area contributed by atoms with Gasteiger partial charge in [-0.25, -0.2) is 17.9 Å². The molecule has 0 fully saturated rings. The van der Waals surface area contributed by atoms with Crippen molar-refractivity contribution in [3.8, 4) is 0 Å². The monoisotopic (exact) mass is 394 g/mol. The summed E-state index contributed by atoms with van der Waals surface area (Å²) in [4.78, 5) is 11.5. The first-order chi connectivity index (χ1) is 10.4. The summed E-state index contributed by atoms with van der Waals surface area (Å²) in [6.45, 7) is 1.95. The van der Waals surface area contributed by atoms with Crippen molar-refractivity contribution < 1.29 is 22.7 Å². The second-order valence-corrected chi connectivity index (χ2v) is 6.87. The van der Waals surface area contributed by atoms with Gasteiger partial charge in [-0.15, -0.1) is 0 Å². The lowest BCUT2D eigenvalue weighted by Gasteiger charge is -2.10. The molecule has 22 heavy (non-hydrogen) atoms. The zero-order valence-corrected chi connectivity index (χ0v) is 14.8. The molecule has 7 nitrogen and oxygen atoms in total. The summed E-state index contributed by atoms with van der Waals surface area (Å²) >= 11 is 3.16. The molecule has 0 spiro atoms. The molecule has 1 aromatic carbocycles. The van der Waals surface area contributed by atoms with Crippen molar-refractivity contribution >= 4 is 31.9 Å². The first-order valence-electron chi connectivity index (χ1n) is 6.49. The second-order valence-electron chi connectivity index (χ2n) is 4.28. The van der Waals surface area contributed by atoms with E-state index in [-0.39, 0.29) is 17.0 Å². The highest BCUT2D eigenvalue weighted by atomic mass is 79.9. The Kier molecular flexibility index (Phi) is 7.97. The molecule has 0 radical (unpaired) electrons. The summed E-state index contributed by atoms with van der Waals surface area (Å²) < 4.78 is 36.6. The maximum Gasteiger partial charge on any atom is 0.337 e. The molecule has 0 saturated heterocycles. The van der Waals surface area contributed by atoms with Gasteiger partial charge >= 0.3 is 5.97 Å². The molecule has 0 atom stereocenters. The average molecular weight is 395 g/mol. The summed E-state index contributed by atoms with van der Waals surface area (Å²) in [6.07, 6.45) is 0. The molecule has 2 N–H and O–H groups in total. The predicted octanol–water partition coefficient (Wildman–Crippen LogP) is 0.750. The van der Waals surface area contributed by atoms with Crippen LogP contribution in [0.15, 0.2) is 27.6 Å². The molecular formula is C13H19BrN2O5S. The number of carbonyl (C=O) groups excluding carboxylic acids is 1. The molecule has 0 amide bonds. The van der Waals surface area contributed by atoms with Gasteiger partial charge in [-0.2, -0.15) is 0 Å². The smallest absolute Gasteiger partial charge is 0.337 e. The van der Waals surface area contributed by atoms with Crippen molar-refractivity contribution in [2.24, 2.45) is 0 Å². The van der Waals surface area contributed by atoms with Crippen LogP contribution < -0.4 is 10.0 Å². The van der Waals surface area contributed by atoms with Gasteiger partial charge in [-0.3, -0.25) is 0 Å². The van der Waals surface area contributed by atoms with Crippen LogP contribution in [0.3, 0.4) is 0 Å². The molecule has 0 aliphatic heterocycles. The number of ether oxygens (including phenoxy) is 2. The summed E-state index contributed by atoms with van der Waals surface area (Å²) in [5.74, 6) is -0.528. The zero-order chi connectivity index (χ0) is 16.6. The topological polar surface area (TPSA) is 93.7 Å². The highest BCUT2D eigenvalue weighted by Gasteiger charge is 2.18. The summed E-state index contributed by atoms with van der Waals surface area (Å²) in [6, 6.07) is 4.18. The molecular weight excluding hydrogens is 376 g/mol. The van der Waals surface area contributed by atoms with Crippen LogP contribution in [-0.2, 0) is 19.5 Å². The Morgan fingerprint density at radius 2 is 1.95 bits per heavy atom. The van der Waals surface area contributed by atoms with E-state index >= 15 is 0 Å². The minimum atomic E-state index is -3.65. The Bertz CT molecular complexity index is 606. The molecule has 1 aromatic rings. The van der Waals surface area contributed by atoms with Crippen LogP contribution >= 0.6 is 15.9 Å². The largest absolute Gasteiger partial charge is 0.465 e. The fourth-order valence-electron chi connectivity index (χ4n) is 1.61. The van der Waals surface area contributed by atoms with Crippen molar-refractivity contribution in [3.05, 3.63) is 28.2 Å². The Labute approximate surface area is 138 Å². The van der Waals surface area contributed by atoms with E-state index < -0.39 is 16.0 Å². The van der Waals surface area contributed by atoms with E-state index in [1.54, 1.807) is 7.11 Å². The number of nitrogens with one attached hydrogen (secondary N) is 2. The van der Waals surface area contributed by atoms with Gasteiger partial charge in [0.2, 0.25) is 10.0 Å². The van der Waals surface area contributed by atoms with Gasteiger partial charge in [0.1, 0.15) is 0 Å². The molecule has 0 unspecified atom stereocenters. The lowest BCUT2D eigenvalue weighted by molar-refractivity contribution is 0.0600. The normalized spacial score (nSPS) is 11.4. The first kappa shape index (κ1) is 19.0. The van der Waals surface area contributed by atoms with E-state index in [2.05, 4.69) is 30.7 Å². The standard InChI is InChI=1S/C13H19BrN2O5S/c1-20-8-7-15-5-6-16-22(18,19)12-4-3-10(9-11(12)14)13(17)21-2/h3-4,9,15-16H,5-8H2,1-2H3. The van der Waals surface area contributed by atoms with Crippen molar-refractivity contribution in [2.45, 2.75) is 4.90 Å². The van der Waals surface area contributed by atoms with Crippen LogP contribution in [0.4, 0.5) is 0 Å². The van der Waals surface area contributed by atoms with Crippen LogP contribution in [0.5, 0.6) is 0 Å². The van der Waals surface area contributed by atoms with Gasteiger partial charge in [0, 0.05) is 31.2 Å². The maximum absolute atomic E-state index is 12.2. The number of hydrogen-bond donors (Lipinski definition) is 2. The molecule has 1 rings (SSSR count). The molecule has 0 heterocycles. The van der Waals surface area contributed by atoms with Gasteiger partial charge in [0.15, 0.2) is 0 Å². The van der Waals surface area contributed by atoms with Gasteiger partial charge in [0.05, 0.1) is 24.2 Å². The Hall–Kier alpha value is -1.00. The van der Waals surface area contributed by atoms with E-state index in [9.17, 15) is 13.2 Å². The Balaban J connectivity index is 2.67. The van der Waals surface area contributed by atoms with E-state index in [1.807, 2.05) is 0 Å². The van der Waals surface area contributed by atoms with Gasteiger partial charge < -0.3 is 14.8 Å². The van der Waals surface area contributed by atoms with Crippen LogP contribution in [0.1, 0.15) is 10.4 Å². The maximum atomic E-state index is 12.2. The predicted molar refractivity (Wildman–Crippen MR) is 85.4 cm³/mol. The van der Waals surface area contributed by atoms with Crippen molar-refractivity contribution in [1.82, 2.24) is 10.0 Å². The average Bonchev–Trinajstić information content (AvgIpc) is 2.49. The van der Waals surface area contributed by atoms with E-state index in [1.165, 1.54) is 25.3 Å². The third kappa shape index (κ3) is 5.65. The molecule has 0 aromatic heterocycles. The minimum absolute atomic E-state index is 0.0667. The summed E-state index contributed by atoms with van der Waals surface area (Å²) in [5.41, 5.74) is 0.273. The van der Waals surface area contributed by atoms with Crippen LogP contribution in [0, 0.1) is 0 Å². The quantitative estimate of drug-likeness (QED) is 0.474. The number of hydrogen-bond acceptors (Lipinski definition) is 6. The molecule has 9 heteroatoms. The summed E-state index contributed by atoms with van der Waals surface area (Å²) in [5, 5.41) is 3.03. The Morgan fingerprint density at radius 1 is 1.23 bits per heavy atom. The zero-order valence-electron chi connectivity index (χ0n) is 12.4. The molecule has 0 aliphatic carbocycles. The van der Waals surface area contributed by atoms with Crippen molar-refractivity contribution in [3.63, 3.8) is 0 Å². The van der Waals surface area contributed by atoms with Crippen molar-refractivity contribution in [2.75, 3.05) is 40.5 Å². The highest BCUT2D eigenvalue weighted by molar-refractivity contribution is 9.10. The number of esters is 1. The van der Waals surface area contributed by atoms with Gasteiger partial charge in [-0.05, 0) is 34.1 Å². The third-order valence-electron chi connectivity index (χ3n) is 2.72. The van der Waals surface area contributed by atoms with Gasteiger partial charge in [-0.1, -0.05) is 0 Å². The molecule has 0 saturated carbocycles. The Morgan fingerprint density at radius 3 is 2.55 bits per heavy atom. The summed E-state index contributed by atoms with van der Waals surface area (Å²) in [7, 11) is -0.793. The van der Waals surface area contributed by atoms with Crippen LogP contribution in [0.2, 0.25) is 0 Å². The number of rotatable bonds is 9. The first-order valence-corrected chi connectivity index (χ1v) is 8.77. The van der Waals surface area contributed by atoms with Gasteiger partial charge in [0.25, 0.3) is 0 Å². The van der Waals surface area contributed by atoms with E-state index in [0.29, 0.717) is 24.2 Å². The fourth-order valence-corrected chi connectivity index (χ4v) is 3.72. The highest BCUT2D eigenvalue weighted by Crippen LogP contribution is 2.23. The molecule has 0 bridgehead atoms. The molecule has 0 aliphatic rings. The van der Waals surface area contributed by atoms with Crippen LogP contribution in [-0.4, -0.2) is 54.8 Å². The minimum Gasteiger partial charge on any atom is -0.465 e. The van der Waals surface area contributed by atoms with E-state index in [4.69, 9.17) is 4.74 Å². The van der Waals surface area contributed by atoms with Crippen molar-refractivity contribution in [1.29, 1.82) is 0 Å². The van der Waals surface area contributed by atoms with Crippen LogP contribution in [0.25, 0.3) is 0 Å².